The van der Waals surface area contributed by atoms with Crippen molar-refractivity contribution in [3.05, 3.63) is 11.8 Å². The summed E-state index contributed by atoms with van der Waals surface area (Å²) in [5.74, 6) is 0.540. The normalized spacial score (nSPS) is 9.50. The van der Waals surface area contributed by atoms with Gasteiger partial charge in [-0.3, -0.25) is 4.79 Å². The number of ketones is 1. The number of carbonyl (C=O) groups is 1. The molecular weight excluding hydrogens is 156 g/mol. The maximum Gasteiger partial charge on any atom is 0.221 e. The van der Waals surface area contributed by atoms with Crippen LogP contribution in [0.1, 0.15) is 17.3 Å². The minimum atomic E-state index is -0.0839. The van der Waals surface area contributed by atoms with Gasteiger partial charge in [0.15, 0.2) is 5.78 Å². The number of nitrogens with two attached hydrogens (primary N) is 1. The third kappa shape index (κ3) is 1.50. The van der Waals surface area contributed by atoms with Gasteiger partial charge in [-0.2, -0.15) is 4.98 Å². The van der Waals surface area contributed by atoms with E-state index in [1.54, 1.807) is 7.05 Å². The zero-order valence-corrected chi connectivity index (χ0v) is 6.96. The predicted octanol–water partition coefficient (Wildman–Crippen LogP) is 0.303. The van der Waals surface area contributed by atoms with Crippen LogP contribution in [-0.4, -0.2) is 22.8 Å². The molecule has 12 heavy (non-hydrogen) atoms. The van der Waals surface area contributed by atoms with E-state index < -0.39 is 0 Å². The Hall–Kier alpha value is -1.65. The summed E-state index contributed by atoms with van der Waals surface area (Å²) in [4.78, 5) is 18.5. The third-order valence-corrected chi connectivity index (χ3v) is 1.42. The lowest BCUT2D eigenvalue weighted by molar-refractivity contribution is 0.101. The highest BCUT2D eigenvalue weighted by Crippen LogP contribution is 2.11. The van der Waals surface area contributed by atoms with Gasteiger partial charge in [0.1, 0.15) is 5.82 Å². The largest absolute Gasteiger partial charge is 0.372 e. The highest BCUT2D eigenvalue weighted by atomic mass is 16.1. The minimum Gasteiger partial charge on any atom is -0.372 e. The van der Waals surface area contributed by atoms with E-state index in [0.717, 1.165) is 0 Å². The summed E-state index contributed by atoms with van der Waals surface area (Å²) in [5.41, 5.74) is 5.78. The van der Waals surface area contributed by atoms with Crippen LogP contribution in [0.25, 0.3) is 0 Å². The van der Waals surface area contributed by atoms with Crippen molar-refractivity contribution in [3.8, 4) is 0 Å². The second-order valence-corrected chi connectivity index (χ2v) is 2.30. The van der Waals surface area contributed by atoms with E-state index >= 15 is 0 Å². The highest BCUT2D eigenvalue weighted by Gasteiger charge is 2.07. The summed E-state index contributed by atoms with van der Waals surface area (Å²) in [7, 11) is 1.67. The van der Waals surface area contributed by atoms with Crippen LogP contribution in [0.2, 0.25) is 0 Å². The molecule has 1 aromatic heterocycles. The smallest absolute Gasteiger partial charge is 0.221 e. The quantitative estimate of drug-likeness (QED) is 0.618. The Bertz CT molecular complexity index is 310. The van der Waals surface area contributed by atoms with E-state index in [0.29, 0.717) is 11.4 Å². The number of anilines is 2. The first-order valence-electron chi connectivity index (χ1n) is 3.46. The van der Waals surface area contributed by atoms with Crippen LogP contribution >= 0.6 is 0 Å². The fraction of sp³-hybridized carbons (Fsp3) is 0.286. The number of carbonyl (C=O) groups excluding carboxylic acids is 1. The van der Waals surface area contributed by atoms with Gasteiger partial charge in [-0.25, -0.2) is 4.98 Å². The standard InChI is InChI=1S/C7H10N4O/c1-4(12)5-3-10-7(8)11-6(5)9-2/h3H,1-2H3,(H3,8,9,10,11). The van der Waals surface area contributed by atoms with Crippen LogP contribution in [0.15, 0.2) is 6.20 Å². The molecule has 0 saturated carbocycles. The van der Waals surface area contributed by atoms with Crippen molar-refractivity contribution in [1.29, 1.82) is 0 Å². The van der Waals surface area contributed by atoms with Gasteiger partial charge in [-0.15, -0.1) is 0 Å². The summed E-state index contributed by atoms with van der Waals surface area (Å²) in [5, 5.41) is 2.77. The van der Waals surface area contributed by atoms with Crippen LogP contribution in [-0.2, 0) is 0 Å². The molecule has 1 rings (SSSR count). The topological polar surface area (TPSA) is 80.9 Å². The second kappa shape index (κ2) is 3.17. The average molecular weight is 166 g/mol. The summed E-state index contributed by atoms with van der Waals surface area (Å²) < 4.78 is 0. The maximum absolute atomic E-state index is 11.0. The predicted molar refractivity (Wildman–Crippen MR) is 46.0 cm³/mol. The zero-order chi connectivity index (χ0) is 9.14. The Morgan fingerprint density at radius 3 is 2.83 bits per heavy atom. The molecule has 0 atom stereocenters. The minimum absolute atomic E-state index is 0.0839. The van der Waals surface area contributed by atoms with Crippen LogP contribution in [0.3, 0.4) is 0 Å². The second-order valence-electron chi connectivity index (χ2n) is 2.30. The fourth-order valence-electron chi connectivity index (χ4n) is 0.844. The highest BCUT2D eigenvalue weighted by molar-refractivity contribution is 5.98. The molecule has 1 heterocycles. The van der Waals surface area contributed by atoms with Crippen molar-refractivity contribution >= 4 is 17.5 Å². The Balaban J connectivity index is 3.20. The molecule has 0 bridgehead atoms. The Morgan fingerprint density at radius 2 is 2.33 bits per heavy atom. The number of nitrogens with zero attached hydrogens (tertiary/aromatic N) is 2. The average Bonchev–Trinajstić information content (AvgIpc) is 2.03. The molecule has 5 heteroatoms. The molecule has 1 aromatic rings. The lowest BCUT2D eigenvalue weighted by atomic mass is 10.2. The van der Waals surface area contributed by atoms with Crippen LogP contribution in [0.4, 0.5) is 11.8 Å². The van der Waals surface area contributed by atoms with Gasteiger partial charge >= 0.3 is 0 Å². The molecule has 3 N–H and O–H groups in total. The van der Waals surface area contributed by atoms with E-state index in [4.69, 9.17) is 5.73 Å². The molecule has 0 aromatic carbocycles. The molecule has 0 fully saturated rings. The summed E-state index contributed by atoms with van der Waals surface area (Å²) in [6.07, 6.45) is 1.41. The van der Waals surface area contributed by atoms with Crippen LogP contribution < -0.4 is 11.1 Å². The SMILES string of the molecule is CNc1nc(N)ncc1C(C)=O. The molecule has 5 nitrogen and oxygen atoms in total. The summed E-state index contributed by atoms with van der Waals surface area (Å²) in [6.45, 7) is 1.45. The first-order chi connectivity index (χ1) is 5.65. The summed E-state index contributed by atoms with van der Waals surface area (Å²) >= 11 is 0. The van der Waals surface area contributed by atoms with E-state index in [1.807, 2.05) is 0 Å². The molecule has 0 aliphatic carbocycles. The summed E-state index contributed by atoms with van der Waals surface area (Å²) in [6, 6.07) is 0. The van der Waals surface area contributed by atoms with Gasteiger partial charge in [-0.05, 0) is 6.92 Å². The Morgan fingerprint density at radius 1 is 1.67 bits per heavy atom. The zero-order valence-electron chi connectivity index (χ0n) is 6.96. The number of aromatic nitrogens is 2. The number of nitrogens with one attached hydrogen (secondary N) is 1. The molecule has 0 aliphatic heterocycles. The van der Waals surface area contributed by atoms with Gasteiger partial charge in [0.25, 0.3) is 0 Å². The van der Waals surface area contributed by atoms with Crippen molar-refractivity contribution in [2.75, 3.05) is 18.1 Å². The molecule has 0 spiro atoms. The van der Waals surface area contributed by atoms with Gasteiger partial charge < -0.3 is 11.1 Å². The van der Waals surface area contributed by atoms with E-state index in [2.05, 4.69) is 15.3 Å². The lowest BCUT2D eigenvalue weighted by Crippen LogP contribution is -2.06. The van der Waals surface area contributed by atoms with Crippen molar-refractivity contribution in [1.82, 2.24) is 9.97 Å². The number of rotatable bonds is 2. The molecule has 0 aliphatic rings. The molecule has 64 valence electrons. The molecule has 0 amide bonds. The van der Waals surface area contributed by atoms with Gasteiger partial charge in [0.05, 0.1) is 5.56 Å². The Kier molecular flexibility index (Phi) is 2.23. The number of Topliss-reactive ketones (excluding diaryl/α,β-unsaturated/α-hetero) is 1. The van der Waals surface area contributed by atoms with E-state index in [1.165, 1.54) is 13.1 Å². The number of hydrogen-bond donors (Lipinski definition) is 2. The lowest BCUT2D eigenvalue weighted by Gasteiger charge is -2.03. The molecule has 0 saturated heterocycles. The monoisotopic (exact) mass is 166 g/mol. The fourth-order valence-corrected chi connectivity index (χ4v) is 0.844. The van der Waals surface area contributed by atoms with Crippen LogP contribution in [0, 0.1) is 0 Å². The molecular formula is C7H10N4O. The number of hydrogen-bond acceptors (Lipinski definition) is 5. The first kappa shape index (κ1) is 8.45. The van der Waals surface area contributed by atoms with E-state index in [-0.39, 0.29) is 11.7 Å². The number of nitrogen functional groups attached to an aromatic ring is 1. The maximum atomic E-state index is 11.0. The third-order valence-electron chi connectivity index (χ3n) is 1.42. The van der Waals surface area contributed by atoms with Crippen molar-refractivity contribution < 1.29 is 4.79 Å². The molecule has 0 unspecified atom stereocenters. The van der Waals surface area contributed by atoms with Crippen molar-refractivity contribution in [2.45, 2.75) is 6.92 Å². The van der Waals surface area contributed by atoms with Gasteiger partial charge in [0.2, 0.25) is 5.95 Å². The van der Waals surface area contributed by atoms with Crippen molar-refractivity contribution in [3.63, 3.8) is 0 Å². The Labute approximate surface area is 70.0 Å². The van der Waals surface area contributed by atoms with E-state index in [9.17, 15) is 4.79 Å². The van der Waals surface area contributed by atoms with Gasteiger partial charge in [-0.1, -0.05) is 0 Å². The van der Waals surface area contributed by atoms with Crippen LogP contribution in [0.5, 0.6) is 0 Å². The molecule has 0 radical (unpaired) electrons. The first-order valence-corrected chi connectivity index (χ1v) is 3.46. The van der Waals surface area contributed by atoms with Crippen molar-refractivity contribution in [2.24, 2.45) is 0 Å². The van der Waals surface area contributed by atoms with Gasteiger partial charge in [0, 0.05) is 13.2 Å².